The summed E-state index contributed by atoms with van der Waals surface area (Å²) in [7, 11) is 0. The molecule has 0 radical (unpaired) electrons. The second kappa shape index (κ2) is 7.90. The van der Waals surface area contributed by atoms with Gasteiger partial charge in [0.1, 0.15) is 5.75 Å². The van der Waals surface area contributed by atoms with E-state index in [0.717, 1.165) is 42.0 Å². The van der Waals surface area contributed by atoms with E-state index >= 15 is 0 Å². The Kier molecular flexibility index (Phi) is 6.18. The van der Waals surface area contributed by atoms with Crippen molar-refractivity contribution in [3.8, 4) is 5.75 Å². The molecule has 0 heterocycles. The Morgan fingerprint density at radius 2 is 1.95 bits per heavy atom. The number of hydrogen-bond acceptors (Lipinski definition) is 2. The van der Waals surface area contributed by atoms with Crippen LogP contribution in [0.1, 0.15) is 57.4 Å². The van der Waals surface area contributed by atoms with Crippen LogP contribution < -0.4 is 10.5 Å². The maximum Gasteiger partial charge on any atom is 0.124 e. The molecular formula is C17H26ClNO. The van der Waals surface area contributed by atoms with Crippen molar-refractivity contribution in [3.63, 3.8) is 0 Å². The molecule has 0 aliphatic heterocycles. The highest BCUT2D eigenvalue weighted by atomic mass is 35.5. The lowest BCUT2D eigenvalue weighted by molar-refractivity contribution is 0.181. The molecule has 1 atom stereocenters. The molecule has 2 rings (SSSR count). The zero-order valence-corrected chi connectivity index (χ0v) is 13.2. The third kappa shape index (κ3) is 4.39. The second-order valence-electron chi connectivity index (χ2n) is 5.82. The third-order valence-electron chi connectivity index (χ3n) is 4.16. The fourth-order valence-electron chi connectivity index (χ4n) is 2.79. The lowest BCUT2D eigenvalue weighted by Crippen LogP contribution is -2.23. The van der Waals surface area contributed by atoms with Gasteiger partial charge in [-0.3, -0.25) is 0 Å². The summed E-state index contributed by atoms with van der Waals surface area (Å²) < 4.78 is 6.25. The Morgan fingerprint density at radius 1 is 1.25 bits per heavy atom. The SMILES string of the molecule is CCC(N)Cc1c(Cl)cccc1OC1CCCCCC1. The molecule has 20 heavy (non-hydrogen) atoms. The van der Waals surface area contributed by atoms with E-state index in [1.807, 2.05) is 18.2 Å². The predicted octanol–water partition coefficient (Wildman–Crippen LogP) is 4.72. The molecule has 112 valence electrons. The molecule has 0 spiro atoms. The number of halogens is 1. The molecule has 0 bridgehead atoms. The van der Waals surface area contributed by atoms with Gasteiger partial charge in [-0.15, -0.1) is 0 Å². The largest absolute Gasteiger partial charge is 0.490 e. The van der Waals surface area contributed by atoms with Gasteiger partial charge < -0.3 is 10.5 Å². The summed E-state index contributed by atoms with van der Waals surface area (Å²) in [6.07, 6.45) is 9.62. The molecule has 2 nitrogen and oxygen atoms in total. The zero-order valence-electron chi connectivity index (χ0n) is 12.4. The summed E-state index contributed by atoms with van der Waals surface area (Å²) in [6.45, 7) is 2.10. The van der Waals surface area contributed by atoms with Crippen molar-refractivity contribution in [2.24, 2.45) is 5.73 Å². The van der Waals surface area contributed by atoms with E-state index in [1.54, 1.807) is 0 Å². The first-order valence-corrected chi connectivity index (χ1v) is 8.28. The van der Waals surface area contributed by atoms with Gasteiger partial charge in [-0.2, -0.15) is 0 Å². The molecule has 0 aromatic heterocycles. The Bertz CT molecular complexity index is 413. The van der Waals surface area contributed by atoms with E-state index in [0.29, 0.717) is 6.10 Å². The number of ether oxygens (including phenoxy) is 1. The van der Waals surface area contributed by atoms with E-state index in [1.165, 1.54) is 25.7 Å². The van der Waals surface area contributed by atoms with Gasteiger partial charge >= 0.3 is 0 Å². The molecule has 0 saturated heterocycles. The minimum Gasteiger partial charge on any atom is -0.490 e. The quantitative estimate of drug-likeness (QED) is 0.798. The van der Waals surface area contributed by atoms with Crippen LogP contribution in [0.4, 0.5) is 0 Å². The maximum atomic E-state index is 6.34. The molecule has 1 aromatic rings. The Balaban J connectivity index is 2.11. The summed E-state index contributed by atoms with van der Waals surface area (Å²) >= 11 is 6.34. The van der Waals surface area contributed by atoms with Crippen LogP contribution in [0.25, 0.3) is 0 Å². The highest BCUT2D eigenvalue weighted by molar-refractivity contribution is 6.31. The number of nitrogens with two attached hydrogens (primary N) is 1. The standard InChI is InChI=1S/C17H26ClNO/c1-2-13(19)12-15-16(18)10-7-11-17(15)20-14-8-5-3-4-6-9-14/h7,10-11,13-14H,2-6,8-9,12,19H2,1H3. The van der Waals surface area contributed by atoms with Gasteiger partial charge in [0.25, 0.3) is 0 Å². The summed E-state index contributed by atoms with van der Waals surface area (Å²) in [4.78, 5) is 0. The van der Waals surface area contributed by atoms with Crippen molar-refractivity contribution < 1.29 is 4.74 Å². The van der Waals surface area contributed by atoms with Gasteiger partial charge in [-0.25, -0.2) is 0 Å². The summed E-state index contributed by atoms with van der Waals surface area (Å²) in [5.41, 5.74) is 7.16. The van der Waals surface area contributed by atoms with E-state index in [9.17, 15) is 0 Å². The van der Waals surface area contributed by atoms with Crippen LogP contribution in [0.3, 0.4) is 0 Å². The number of hydrogen-bond donors (Lipinski definition) is 1. The first-order valence-electron chi connectivity index (χ1n) is 7.90. The van der Waals surface area contributed by atoms with Gasteiger partial charge in [0.2, 0.25) is 0 Å². The summed E-state index contributed by atoms with van der Waals surface area (Å²) in [5.74, 6) is 0.938. The Morgan fingerprint density at radius 3 is 2.60 bits per heavy atom. The van der Waals surface area contributed by atoms with Crippen LogP contribution in [0.5, 0.6) is 5.75 Å². The summed E-state index contributed by atoms with van der Waals surface area (Å²) in [6, 6.07) is 6.08. The van der Waals surface area contributed by atoms with Crippen LogP contribution in [-0.2, 0) is 6.42 Å². The molecule has 1 aliphatic rings. The van der Waals surface area contributed by atoms with Gasteiger partial charge in [0, 0.05) is 16.6 Å². The summed E-state index contributed by atoms with van der Waals surface area (Å²) in [5, 5.41) is 0.778. The average Bonchev–Trinajstić information content (AvgIpc) is 2.71. The highest BCUT2D eigenvalue weighted by Crippen LogP contribution is 2.31. The first kappa shape index (κ1) is 15.7. The number of rotatable bonds is 5. The Labute approximate surface area is 127 Å². The van der Waals surface area contributed by atoms with Crippen molar-refractivity contribution in [1.82, 2.24) is 0 Å². The lowest BCUT2D eigenvalue weighted by atomic mass is 10.0. The van der Waals surface area contributed by atoms with Crippen LogP contribution >= 0.6 is 11.6 Å². The van der Waals surface area contributed by atoms with Gasteiger partial charge in [0.05, 0.1) is 6.10 Å². The van der Waals surface area contributed by atoms with Crippen molar-refractivity contribution in [2.45, 2.75) is 70.4 Å². The minimum atomic E-state index is 0.145. The highest BCUT2D eigenvalue weighted by Gasteiger charge is 2.17. The molecule has 1 aromatic carbocycles. The zero-order chi connectivity index (χ0) is 14.4. The molecule has 1 aliphatic carbocycles. The monoisotopic (exact) mass is 295 g/mol. The molecule has 2 N–H and O–H groups in total. The van der Waals surface area contributed by atoms with Crippen LogP contribution in [-0.4, -0.2) is 12.1 Å². The third-order valence-corrected chi connectivity index (χ3v) is 4.52. The number of benzene rings is 1. The van der Waals surface area contributed by atoms with Crippen molar-refractivity contribution >= 4 is 11.6 Å². The smallest absolute Gasteiger partial charge is 0.124 e. The molecule has 1 fully saturated rings. The first-order chi connectivity index (χ1) is 9.70. The normalized spacial score (nSPS) is 18.6. The average molecular weight is 296 g/mol. The second-order valence-corrected chi connectivity index (χ2v) is 6.23. The van der Waals surface area contributed by atoms with Crippen LogP contribution in [0.2, 0.25) is 5.02 Å². The van der Waals surface area contributed by atoms with Gasteiger partial charge in [-0.1, -0.05) is 37.4 Å². The molecule has 0 amide bonds. The van der Waals surface area contributed by atoms with Crippen LogP contribution in [0.15, 0.2) is 18.2 Å². The molecule has 1 unspecified atom stereocenters. The van der Waals surface area contributed by atoms with Crippen molar-refractivity contribution in [3.05, 3.63) is 28.8 Å². The fraction of sp³-hybridized carbons (Fsp3) is 0.647. The van der Waals surface area contributed by atoms with Crippen LogP contribution in [0, 0.1) is 0 Å². The van der Waals surface area contributed by atoms with E-state index in [-0.39, 0.29) is 6.04 Å². The van der Waals surface area contributed by atoms with Gasteiger partial charge in [0.15, 0.2) is 0 Å². The van der Waals surface area contributed by atoms with E-state index in [4.69, 9.17) is 22.1 Å². The van der Waals surface area contributed by atoms with E-state index < -0.39 is 0 Å². The molecular weight excluding hydrogens is 270 g/mol. The van der Waals surface area contributed by atoms with Crippen molar-refractivity contribution in [2.75, 3.05) is 0 Å². The fourth-order valence-corrected chi connectivity index (χ4v) is 3.04. The maximum absolute atomic E-state index is 6.34. The minimum absolute atomic E-state index is 0.145. The lowest BCUT2D eigenvalue weighted by Gasteiger charge is -2.21. The van der Waals surface area contributed by atoms with Gasteiger partial charge in [-0.05, 0) is 50.7 Å². The van der Waals surface area contributed by atoms with E-state index in [2.05, 4.69) is 6.92 Å². The Hall–Kier alpha value is -0.730. The van der Waals surface area contributed by atoms with Crippen molar-refractivity contribution in [1.29, 1.82) is 0 Å². The topological polar surface area (TPSA) is 35.2 Å². The molecule has 3 heteroatoms. The molecule has 1 saturated carbocycles. The predicted molar refractivity (Wildman–Crippen MR) is 85.5 cm³/mol.